The molecule has 0 radical (unpaired) electrons. The van der Waals surface area contributed by atoms with Gasteiger partial charge >= 0.3 is 0 Å². The monoisotopic (exact) mass is 339 g/mol. The Hall–Kier alpha value is -0.580. The van der Waals surface area contributed by atoms with Crippen LogP contribution in [-0.4, -0.2) is 6.54 Å². The van der Waals surface area contributed by atoms with E-state index in [4.69, 9.17) is 4.42 Å². The smallest absolute Gasteiger partial charge is 0.140 e. The van der Waals surface area contributed by atoms with Gasteiger partial charge < -0.3 is 9.73 Å². The summed E-state index contributed by atoms with van der Waals surface area (Å²) in [5, 5.41) is 3.60. The Bertz CT molecular complexity index is 539. The zero-order valence-electron chi connectivity index (χ0n) is 11.0. The molecule has 3 rings (SSSR count). The average Bonchev–Trinajstić information content (AvgIpc) is 3.06. The molecular formula is C15H18BrNOS. The highest BCUT2D eigenvalue weighted by atomic mass is 79.9. The number of halogens is 1. The minimum absolute atomic E-state index is 0.180. The quantitative estimate of drug-likeness (QED) is 0.855. The number of hydrogen-bond acceptors (Lipinski definition) is 3. The second-order valence-electron chi connectivity index (χ2n) is 4.97. The summed E-state index contributed by atoms with van der Waals surface area (Å²) in [5.74, 6) is 0.994. The van der Waals surface area contributed by atoms with Crippen LogP contribution in [0.2, 0.25) is 0 Å². The van der Waals surface area contributed by atoms with Crippen molar-refractivity contribution >= 4 is 27.3 Å². The SMILES string of the molecule is CCCNC(c1cc2c(s1)CCC2)c1occc1Br. The summed E-state index contributed by atoms with van der Waals surface area (Å²) in [6, 6.07) is 4.52. The van der Waals surface area contributed by atoms with Gasteiger partial charge in [0.2, 0.25) is 0 Å². The topological polar surface area (TPSA) is 25.2 Å². The first-order chi connectivity index (χ1) is 9.29. The summed E-state index contributed by atoms with van der Waals surface area (Å²) >= 11 is 5.53. The molecule has 0 saturated carbocycles. The van der Waals surface area contributed by atoms with Crippen LogP contribution in [0.15, 0.2) is 27.3 Å². The van der Waals surface area contributed by atoms with Gasteiger partial charge in [-0.05, 0) is 65.9 Å². The van der Waals surface area contributed by atoms with Crippen molar-refractivity contribution in [3.8, 4) is 0 Å². The van der Waals surface area contributed by atoms with Gasteiger partial charge in [-0.3, -0.25) is 0 Å². The molecule has 4 heteroatoms. The fourth-order valence-corrected chi connectivity index (χ4v) is 4.38. The van der Waals surface area contributed by atoms with Gasteiger partial charge in [0.15, 0.2) is 0 Å². The third-order valence-electron chi connectivity index (χ3n) is 3.56. The van der Waals surface area contributed by atoms with E-state index in [0.29, 0.717) is 0 Å². The number of hydrogen-bond donors (Lipinski definition) is 1. The Kier molecular flexibility index (Phi) is 4.10. The third-order valence-corrected chi connectivity index (χ3v) is 5.51. The normalized spacial score (nSPS) is 15.7. The Morgan fingerprint density at radius 3 is 3.05 bits per heavy atom. The molecule has 19 heavy (non-hydrogen) atoms. The number of furan rings is 1. The molecule has 1 N–H and O–H groups in total. The molecule has 0 aliphatic heterocycles. The molecule has 1 aliphatic carbocycles. The lowest BCUT2D eigenvalue weighted by Crippen LogP contribution is -2.22. The van der Waals surface area contributed by atoms with E-state index in [-0.39, 0.29) is 6.04 Å². The molecule has 2 heterocycles. The van der Waals surface area contributed by atoms with Gasteiger partial charge in [-0.1, -0.05) is 6.92 Å². The van der Waals surface area contributed by atoms with Crippen molar-refractivity contribution in [1.82, 2.24) is 5.32 Å². The molecule has 0 fully saturated rings. The third kappa shape index (κ3) is 2.67. The van der Waals surface area contributed by atoms with Crippen molar-refractivity contribution in [3.63, 3.8) is 0 Å². The van der Waals surface area contributed by atoms with E-state index >= 15 is 0 Å². The molecule has 0 aromatic carbocycles. The first-order valence-corrected chi connectivity index (χ1v) is 8.48. The lowest BCUT2D eigenvalue weighted by molar-refractivity contribution is 0.447. The predicted octanol–water partition coefficient (Wildman–Crippen LogP) is 4.68. The first kappa shape index (κ1) is 13.4. The Balaban J connectivity index is 1.92. The number of aryl methyl sites for hydroxylation is 2. The molecule has 1 atom stereocenters. The highest BCUT2D eigenvalue weighted by Crippen LogP contribution is 2.38. The summed E-state index contributed by atoms with van der Waals surface area (Å²) in [6.07, 6.45) is 6.69. The van der Waals surface area contributed by atoms with E-state index in [1.54, 1.807) is 16.7 Å². The van der Waals surface area contributed by atoms with Gasteiger partial charge in [0.25, 0.3) is 0 Å². The zero-order chi connectivity index (χ0) is 13.2. The summed E-state index contributed by atoms with van der Waals surface area (Å²) in [5.41, 5.74) is 1.55. The van der Waals surface area contributed by atoms with Crippen LogP contribution in [0.5, 0.6) is 0 Å². The van der Waals surface area contributed by atoms with Crippen LogP contribution in [0.1, 0.15) is 46.9 Å². The van der Waals surface area contributed by atoms with E-state index in [9.17, 15) is 0 Å². The predicted molar refractivity (Wildman–Crippen MR) is 82.9 cm³/mol. The maximum atomic E-state index is 5.68. The largest absolute Gasteiger partial charge is 0.466 e. The summed E-state index contributed by atoms with van der Waals surface area (Å²) in [7, 11) is 0. The maximum absolute atomic E-state index is 5.68. The average molecular weight is 340 g/mol. The lowest BCUT2D eigenvalue weighted by atomic mass is 10.1. The van der Waals surface area contributed by atoms with E-state index in [2.05, 4.69) is 34.2 Å². The number of nitrogens with one attached hydrogen (secondary N) is 1. The summed E-state index contributed by atoms with van der Waals surface area (Å²) in [4.78, 5) is 2.95. The van der Waals surface area contributed by atoms with E-state index in [0.717, 1.165) is 23.2 Å². The minimum Gasteiger partial charge on any atom is -0.466 e. The number of thiophene rings is 1. The summed E-state index contributed by atoms with van der Waals surface area (Å²) in [6.45, 7) is 3.19. The van der Waals surface area contributed by atoms with E-state index in [1.807, 2.05) is 17.4 Å². The highest BCUT2D eigenvalue weighted by Gasteiger charge is 2.24. The molecule has 0 amide bonds. The Morgan fingerprint density at radius 1 is 1.47 bits per heavy atom. The van der Waals surface area contributed by atoms with Crippen molar-refractivity contribution in [2.75, 3.05) is 6.54 Å². The second kappa shape index (κ2) is 5.81. The molecule has 102 valence electrons. The van der Waals surface area contributed by atoms with Crippen LogP contribution in [0.4, 0.5) is 0 Å². The van der Waals surface area contributed by atoms with Crippen molar-refractivity contribution in [2.24, 2.45) is 0 Å². The van der Waals surface area contributed by atoms with Gasteiger partial charge in [-0.25, -0.2) is 0 Å². The van der Waals surface area contributed by atoms with Crippen molar-refractivity contribution < 1.29 is 4.42 Å². The van der Waals surface area contributed by atoms with Crippen LogP contribution >= 0.6 is 27.3 Å². The summed E-state index contributed by atoms with van der Waals surface area (Å²) < 4.78 is 6.73. The van der Waals surface area contributed by atoms with Crippen LogP contribution in [0, 0.1) is 0 Å². The van der Waals surface area contributed by atoms with Gasteiger partial charge in [-0.2, -0.15) is 0 Å². The van der Waals surface area contributed by atoms with Crippen LogP contribution in [0.25, 0.3) is 0 Å². The molecule has 2 nitrogen and oxygen atoms in total. The Labute approximate surface area is 126 Å². The van der Waals surface area contributed by atoms with E-state index in [1.165, 1.54) is 24.1 Å². The molecule has 2 aromatic heterocycles. The maximum Gasteiger partial charge on any atom is 0.140 e. The van der Waals surface area contributed by atoms with E-state index < -0.39 is 0 Å². The van der Waals surface area contributed by atoms with Crippen molar-refractivity contribution in [2.45, 2.75) is 38.6 Å². The standard InChI is InChI=1S/C15H18BrNOS/c1-2-7-17-14(15-11(16)6-8-18-15)13-9-10-4-3-5-12(10)19-13/h6,8-9,14,17H,2-5,7H2,1H3. The number of rotatable bonds is 5. The van der Waals surface area contributed by atoms with Crippen LogP contribution in [-0.2, 0) is 12.8 Å². The first-order valence-electron chi connectivity index (χ1n) is 6.87. The molecular weight excluding hydrogens is 322 g/mol. The zero-order valence-corrected chi connectivity index (χ0v) is 13.4. The molecule has 0 saturated heterocycles. The second-order valence-corrected chi connectivity index (χ2v) is 6.99. The van der Waals surface area contributed by atoms with Gasteiger partial charge in [0.1, 0.15) is 11.8 Å². The van der Waals surface area contributed by atoms with Gasteiger partial charge in [-0.15, -0.1) is 11.3 Å². The van der Waals surface area contributed by atoms with Gasteiger partial charge in [0, 0.05) is 9.75 Å². The fraction of sp³-hybridized carbons (Fsp3) is 0.467. The molecule has 2 aromatic rings. The molecule has 0 spiro atoms. The molecule has 0 bridgehead atoms. The van der Waals surface area contributed by atoms with Gasteiger partial charge in [0.05, 0.1) is 10.7 Å². The Morgan fingerprint density at radius 2 is 2.37 bits per heavy atom. The van der Waals surface area contributed by atoms with Crippen LogP contribution < -0.4 is 5.32 Å². The van der Waals surface area contributed by atoms with Crippen molar-refractivity contribution in [3.05, 3.63) is 43.9 Å². The van der Waals surface area contributed by atoms with Crippen molar-refractivity contribution in [1.29, 1.82) is 0 Å². The fourth-order valence-electron chi connectivity index (χ4n) is 2.62. The highest BCUT2D eigenvalue weighted by molar-refractivity contribution is 9.10. The molecule has 1 aliphatic rings. The minimum atomic E-state index is 0.180. The van der Waals surface area contributed by atoms with Crippen LogP contribution in [0.3, 0.4) is 0 Å². The number of fused-ring (bicyclic) bond motifs is 1. The lowest BCUT2D eigenvalue weighted by Gasteiger charge is -2.15. The molecule has 1 unspecified atom stereocenters.